The van der Waals surface area contributed by atoms with E-state index in [4.69, 9.17) is 5.73 Å². The van der Waals surface area contributed by atoms with Crippen LogP contribution >= 0.6 is 11.8 Å². The molecule has 1 aliphatic heterocycles. The summed E-state index contributed by atoms with van der Waals surface area (Å²) in [7, 11) is 0. The fraction of sp³-hybridized carbons (Fsp3) is 0.727. The smallest absolute Gasteiger partial charge is 0.0676 e. The Morgan fingerprint density at radius 1 is 1.53 bits per heavy atom. The molecule has 2 N–H and O–H groups in total. The van der Waals surface area contributed by atoms with Crippen LogP contribution in [0.4, 0.5) is 0 Å². The lowest BCUT2D eigenvalue weighted by Crippen LogP contribution is -2.13. The number of thioether (sulfide) groups is 1. The Morgan fingerprint density at radius 2 is 2.33 bits per heavy atom. The molecule has 0 radical (unpaired) electrons. The second kappa shape index (κ2) is 4.58. The van der Waals surface area contributed by atoms with E-state index in [1.165, 1.54) is 22.7 Å². The molecule has 2 heterocycles. The Hall–Kier alpha value is -0.480. The Balaban J connectivity index is 2.33. The molecular weight excluding hydrogens is 206 g/mol. The summed E-state index contributed by atoms with van der Waals surface area (Å²) in [6.45, 7) is 6.05. The Labute approximate surface area is 95.4 Å². The molecule has 2 rings (SSSR count). The minimum Gasteiger partial charge on any atom is -0.325 e. The zero-order valence-corrected chi connectivity index (χ0v) is 10.3. The number of hydrogen-bond donors (Lipinski definition) is 1. The number of rotatable bonds is 3. The highest BCUT2D eigenvalue weighted by Crippen LogP contribution is 2.27. The van der Waals surface area contributed by atoms with Gasteiger partial charge in [0, 0.05) is 30.8 Å². The van der Waals surface area contributed by atoms with Crippen molar-refractivity contribution in [2.45, 2.75) is 39.1 Å². The van der Waals surface area contributed by atoms with Crippen LogP contribution in [0.5, 0.6) is 0 Å². The van der Waals surface area contributed by atoms with E-state index in [-0.39, 0.29) is 0 Å². The Morgan fingerprint density at radius 3 is 3.00 bits per heavy atom. The molecular formula is C11H19N3S. The first kappa shape index (κ1) is 11.0. The molecule has 0 aliphatic carbocycles. The maximum absolute atomic E-state index is 5.82. The average molecular weight is 225 g/mol. The highest BCUT2D eigenvalue weighted by atomic mass is 32.2. The van der Waals surface area contributed by atoms with Gasteiger partial charge in [-0.2, -0.15) is 16.9 Å². The lowest BCUT2D eigenvalue weighted by Gasteiger charge is -2.11. The fourth-order valence-corrected chi connectivity index (χ4v) is 3.04. The molecule has 0 atom stereocenters. The lowest BCUT2D eigenvalue weighted by atomic mass is 10.1. The Bertz CT molecular complexity index is 344. The number of hydrogen-bond acceptors (Lipinski definition) is 3. The number of aryl methyl sites for hydroxylation is 1. The highest BCUT2D eigenvalue weighted by Gasteiger charge is 2.19. The number of fused-ring (bicyclic) bond motifs is 1. The van der Waals surface area contributed by atoms with Gasteiger partial charge in [-0.1, -0.05) is 13.8 Å². The molecule has 84 valence electrons. The van der Waals surface area contributed by atoms with Gasteiger partial charge in [0.25, 0.3) is 0 Å². The minimum absolute atomic E-state index is 0.621. The fourth-order valence-electron chi connectivity index (χ4n) is 2.02. The van der Waals surface area contributed by atoms with Crippen molar-refractivity contribution in [1.82, 2.24) is 9.78 Å². The van der Waals surface area contributed by atoms with Gasteiger partial charge in [-0.25, -0.2) is 0 Å². The van der Waals surface area contributed by atoms with Gasteiger partial charge in [-0.05, 0) is 11.7 Å². The van der Waals surface area contributed by atoms with Gasteiger partial charge in [0.2, 0.25) is 0 Å². The predicted octanol–water partition coefficient (Wildman–Crippen LogP) is 1.79. The van der Waals surface area contributed by atoms with Crippen molar-refractivity contribution in [3.8, 4) is 0 Å². The van der Waals surface area contributed by atoms with E-state index in [0.29, 0.717) is 12.5 Å². The minimum atomic E-state index is 0.621. The van der Waals surface area contributed by atoms with Crippen molar-refractivity contribution in [2.75, 3.05) is 5.75 Å². The molecule has 0 aromatic carbocycles. The predicted molar refractivity (Wildman–Crippen MR) is 64.8 cm³/mol. The molecule has 0 saturated heterocycles. The molecule has 3 nitrogen and oxygen atoms in total. The first-order valence-corrected chi connectivity index (χ1v) is 6.73. The topological polar surface area (TPSA) is 43.8 Å². The van der Waals surface area contributed by atoms with Crippen molar-refractivity contribution < 1.29 is 0 Å². The quantitative estimate of drug-likeness (QED) is 0.853. The first-order chi connectivity index (χ1) is 7.22. The van der Waals surface area contributed by atoms with Crippen LogP contribution in [0.1, 0.15) is 30.8 Å². The van der Waals surface area contributed by atoms with E-state index in [9.17, 15) is 0 Å². The molecule has 0 spiro atoms. The largest absolute Gasteiger partial charge is 0.325 e. The zero-order chi connectivity index (χ0) is 10.8. The standard InChI is InChI=1S/C11H19N3S/c1-8(2)6-14-11(5-12)9-7-15-4-3-10(9)13-14/h8H,3-7,12H2,1-2H3. The maximum atomic E-state index is 5.82. The first-order valence-electron chi connectivity index (χ1n) is 5.57. The summed E-state index contributed by atoms with van der Waals surface area (Å²) in [6.07, 6.45) is 1.11. The van der Waals surface area contributed by atoms with Gasteiger partial charge in [0.1, 0.15) is 0 Å². The molecule has 0 saturated carbocycles. The normalized spacial score (nSPS) is 15.7. The molecule has 0 amide bonds. The van der Waals surface area contributed by atoms with Gasteiger partial charge in [0.05, 0.1) is 11.4 Å². The van der Waals surface area contributed by atoms with Crippen LogP contribution in [0.2, 0.25) is 0 Å². The van der Waals surface area contributed by atoms with Gasteiger partial charge in [-0.15, -0.1) is 0 Å². The molecule has 1 aromatic rings. The zero-order valence-electron chi connectivity index (χ0n) is 9.49. The summed E-state index contributed by atoms with van der Waals surface area (Å²) in [5.74, 6) is 2.93. The summed E-state index contributed by atoms with van der Waals surface area (Å²) < 4.78 is 2.13. The summed E-state index contributed by atoms with van der Waals surface area (Å²) >= 11 is 1.99. The van der Waals surface area contributed by atoms with Crippen LogP contribution in [0, 0.1) is 5.92 Å². The Kier molecular flexibility index (Phi) is 3.36. The van der Waals surface area contributed by atoms with E-state index < -0.39 is 0 Å². The van der Waals surface area contributed by atoms with Crippen LogP contribution in [-0.4, -0.2) is 15.5 Å². The second-order valence-electron chi connectivity index (χ2n) is 4.45. The van der Waals surface area contributed by atoms with Crippen molar-refractivity contribution in [2.24, 2.45) is 11.7 Å². The monoisotopic (exact) mass is 225 g/mol. The third-order valence-corrected chi connectivity index (χ3v) is 3.70. The highest BCUT2D eigenvalue weighted by molar-refractivity contribution is 7.98. The third kappa shape index (κ3) is 2.21. The summed E-state index contributed by atoms with van der Waals surface area (Å²) in [5.41, 5.74) is 9.78. The van der Waals surface area contributed by atoms with E-state index in [0.717, 1.165) is 18.7 Å². The van der Waals surface area contributed by atoms with Crippen LogP contribution in [0.3, 0.4) is 0 Å². The SMILES string of the molecule is CC(C)Cn1nc2c(c1CN)CSCC2. The third-order valence-electron chi connectivity index (χ3n) is 2.71. The van der Waals surface area contributed by atoms with Gasteiger partial charge in [-0.3, -0.25) is 4.68 Å². The van der Waals surface area contributed by atoms with Crippen molar-refractivity contribution in [3.63, 3.8) is 0 Å². The summed E-state index contributed by atoms with van der Waals surface area (Å²) in [4.78, 5) is 0. The van der Waals surface area contributed by atoms with Crippen LogP contribution in [0.15, 0.2) is 0 Å². The number of aromatic nitrogens is 2. The van der Waals surface area contributed by atoms with Gasteiger partial charge in [0.15, 0.2) is 0 Å². The van der Waals surface area contributed by atoms with Gasteiger partial charge >= 0.3 is 0 Å². The van der Waals surface area contributed by atoms with E-state index in [1.54, 1.807) is 0 Å². The van der Waals surface area contributed by atoms with Crippen LogP contribution in [0.25, 0.3) is 0 Å². The van der Waals surface area contributed by atoms with Crippen LogP contribution in [-0.2, 0) is 25.3 Å². The molecule has 1 aromatic heterocycles. The second-order valence-corrected chi connectivity index (χ2v) is 5.56. The molecule has 4 heteroatoms. The van der Waals surface area contributed by atoms with E-state index in [1.807, 2.05) is 11.8 Å². The van der Waals surface area contributed by atoms with Crippen LogP contribution < -0.4 is 5.73 Å². The summed E-state index contributed by atoms with van der Waals surface area (Å²) in [6, 6.07) is 0. The number of nitrogens with two attached hydrogens (primary N) is 1. The molecule has 0 unspecified atom stereocenters. The molecule has 1 aliphatic rings. The van der Waals surface area contributed by atoms with E-state index in [2.05, 4.69) is 23.6 Å². The van der Waals surface area contributed by atoms with Crippen molar-refractivity contribution in [3.05, 3.63) is 17.0 Å². The lowest BCUT2D eigenvalue weighted by molar-refractivity contribution is 0.466. The summed E-state index contributed by atoms with van der Waals surface area (Å²) in [5, 5.41) is 4.69. The van der Waals surface area contributed by atoms with Crippen molar-refractivity contribution in [1.29, 1.82) is 0 Å². The van der Waals surface area contributed by atoms with E-state index >= 15 is 0 Å². The van der Waals surface area contributed by atoms with Gasteiger partial charge < -0.3 is 5.73 Å². The average Bonchev–Trinajstić information content (AvgIpc) is 2.53. The molecule has 0 fully saturated rings. The number of nitrogens with zero attached hydrogens (tertiary/aromatic N) is 2. The molecule has 15 heavy (non-hydrogen) atoms. The van der Waals surface area contributed by atoms with Crippen molar-refractivity contribution >= 4 is 11.8 Å². The maximum Gasteiger partial charge on any atom is 0.0676 e. The molecule has 0 bridgehead atoms.